The summed E-state index contributed by atoms with van der Waals surface area (Å²) in [6.07, 6.45) is 0. The Kier molecular flexibility index (Phi) is 4.42. The molecule has 0 aliphatic rings. The summed E-state index contributed by atoms with van der Waals surface area (Å²) in [7, 11) is 0. The molecule has 0 saturated heterocycles. The number of hydrogen-bond acceptors (Lipinski definition) is 3. The predicted molar refractivity (Wildman–Crippen MR) is 83.3 cm³/mol. The van der Waals surface area contributed by atoms with Crippen LogP contribution in [0.15, 0.2) is 28.7 Å². The molecular weight excluding hydrogens is 336 g/mol. The zero-order valence-electron chi connectivity index (χ0n) is 11.6. The van der Waals surface area contributed by atoms with Crippen LogP contribution in [0.25, 0.3) is 0 Å². The maximum atomic E-state index is 12.3. The van der Waals surface area contributed by atoms with Gasteiger partial charge < -0.3 is 11.1 Å². The van der Waals surface area contributed by atoms with Crippen LogP contribution in [0.5, 0.6) is 0 Å². The molecule has 6 nitrogen and oxygen atoms in total. The average molecular weight is 351 g/mol. The van der Waals surface area contributed by atoms with E-state index >= 15 is 0 Å². The molecule has 21 heavy (non-hydrogen) atoms. The summed E-state index contributed by atoms with van der Waals surface area (Å²) in [6.45, 7) is 3.98. The zero-order chi connectivity index (χ0) is 15.6. The van der Waals surface area contributed by atoms with Gasteiger partial charge in [-0.2, -0.15) is 5.10 Å². The first-order valence-corrected chi connectivity index (χ1v) is 7.15. The summed E-state index contributed by atoms with van der Waals surface area (Å²) in [5.74, 6) is -0.820. The van der Waals surface area contributed by atoms with Gasteiger partial charge in [0.1, 0.15) is 0 Å². The molecule has 2 aromatic rings. The third-order valence-corrected chi connectivity index (χ3v) is 3.77. The fourth-order valence-electron chi connectivity index (χ4n) is 1.86. The van der Waals surface area contributed by atoms with Gasteiger partial charge in [0.05, 0.1) is 21.4 Å². The van der Waals surface area contributed by atoms with Gasteiger partial charge in [0.25, 0.3) is 11.8 Å². The summed E-state index contributed by atoms with van der Waals surface area (Å²) in [4.78, 5) is 23.6. The number of amides is 2. The number of aromatic nitrogens is 2. The van der Waals surface area contributed by atoms with Gasteiger partial charge in [-0.05, 0) is 34.0 Å². The Hall–Kier alpha value is -2.15. The SMILES string of the molecule is CC(C)c1[nH]nc(C(=O)Nc2ccccc2C(N)=O)c1Br. The van der Waals surface area contributed by atoms with Crippen LogP contribution in [0.3, 0.4) is 0 Å². The minimum absolute atomic E-state index is 0.200. The molecule has 0 spiro atoms. The molecule has 0 aliphatic heterocycles. The molecule has 0 saturated carbocycles. The fourth-order valence-corrected chi connectivity index (χ4v) is 2.68. The zero-order valence-corrected chi connectivity index (χ0v) is 13.2. The molecule has 1 aromatic heterocycles. The highest BCUT2D eigenvalue weighted by atomic mass is 79.9. The number of H-pyrrole nitrogens is 1. The lowest BCUT2D eigenvalue weighted by atomic mass is 10.1. The number of nitrogens with zero attached hydrogens (tertiary/aromatic N) is 1. The first kappa shape index (κ1) is 15.2. The van der Waals surface area contributed by atoms with Gasteiger partial charge in [0, 0.05) is 0 Å². The number of carbonyl (C=O) groups excluding carboxylic acids is 2. The third kappa shape index (κ3) is 3.13. The van der Waals surface area contributed by atoms with E-state index in [1.54, 1.807) is 24.3 Å². The molecule has 4 N–H and O–H groups in total. The van der Waals surface area contributed by atoms with E-state index in [0.29, 0.717) is 10.2 Å². The lowest BCUT2D eigenvalue weighted by Gasteiger charge is -2.07. The molecule has 0 fully saturated rings. The van der Waals surface area contributed by atoms with Crippen LogP contribution >= 0.6 is 15.9 Å². The van der Waals surface area contributed by atoms with Crippen molar-refractivity contribution in [2.45, 2.75) is 19.8 Å². The fraction of sp³-hybridized carbons (Fsp3) is 0.214. The van der Waals surface area contributed by atoms with E-state index in [1.165, 1.54) is 0 Å². The van der Waals surface area contributed by atoms with Crippen LogP contribution in [0, 0.1) is 0 Å². The van der Waals surface area contributed by atoms with Crippen molar-refractivity contribution in [3.05, 3.63) is 45.7 Å². The van der Waals surface area contributed by atoms with E-state index < -0.39 is 11.8 Å². The van der Waals surface area contributed by atoms with Gasteiger partial charge in [0.15, 0.2) is 5.69 Å². The standard InChI is InChI=1S/C14H15BrN4O2/c1-7(2)11-10(15)12(19-18-11)14(21)17-9-6-4-3-5-8(9)13(16)20/h3-7H,1-2H3,(H2,16,20)(H,17,21)(H,18,19). The first-order valence-electron chi connectivity index (χ1n) is 6.35. The smallest absolute Gasteiger partial charge is 0.277 e. The van der Waals surface area contributed by atoms with Crippen molar-refractivity contribution < 1.29 is 9.59 Å². The van der Waals surface area contributed by atoms with Crippen LogP contribution in [0.1, 0.15) is 46.3 Å². The topological polar surface area (TPSA) is 101 Å². The summed E-state index contributed by atoms with van der Waals surface area (Å²) in [5, 5.41) is 9.48. The highest BCUT2D eigenvalue weighted by Gasteiger charge is 2.20. The van der Waals surface area contributed by atoms with E-state index in [1.807, 2.05) is 13.8 Å². The number of benzene rings is 1. The second-order valence-electron chi connectivity index (χ2n) is 4.82. The third-order valence-electron chi connectivity index (χ3n) is 2.97. The summed E-state index contributed by atoms with van der Waals surface area (Å²) in [5.41, 5.74) is 6.96. The van der Waals surface area contributed by atoms with Gasteiger partial charge in [-0.15, -0.1) is 0 Å². The van der Waals surface area contributed by atoms with Gasteiger partial charge >= 0.3 is 0 Å². The monoisotopic (exact) mass is 350 g/mol. The minimum Gasteiger partial charge on any atom is -0.366 e. The molecule has 7 heteroatoms. The summed E-state index contributed by atoms with van der Waals surface area (Å²) in [6, 6.07) is 6.55. The van der Waals surface area contributed by atoms with E-state index in [0.717, 1.165) is 5.69 Å². The maximum absolute atomic E-state index is 12.3. The van der Waals surface area contributed by atoms with Gasteiger partial charge in [0.2, 0.25) is 0 Å². The van der Waals surface area contributed by atoms with Crippen molar-refractivity contribution in [3.8, 4) is 0 Å². The minimum atomic E-state index is -0.602. The Labute approximate surface area is 130 Å². The van der Waals surface area contributed by atoms with Gasteiger partial charge in [-0.1, -0.05) is 26.0 Å². The Morgan fingerprint density at radius 1 is 1.33 bits per heavy atom. The molecule has 0 radical (unpaired) electrons. The molecule has 1 heterocycles. The lowest BCUT2D eigenvalue weighted by Crippen LogP contribution is -2.18. The van der Waals surface area contributed by atoms with Crippen LogP contribution in [-0.2, 0) is 0 Å². The number of nitrogens with one attached hydrogen (secondary N) is 2. The number of carbonyl (C=O) groups is 2. The molecular formula is C14H15BrN4O2. The number of rotatable bonds is 4. The van der Waals surface area contributed by atoms with E-state index in [9.17, 15) is 9.59 Å². The highest BCUT2D eigenvalue weighted by molar-refractivity contribution is 9.10. The second kappa shape index (κ2) is 6.09. The summed E-state index contributed by atoms with van der Waals surface area (Å²) < 4.78 is 0.617. The number of aromatic amines is 1. The van der Waals surface area contributed by atoms with Crippen LogP contribution in [0.4, 0.5) is 5.69 Å². The molecule has 0 bridgehead atoms. The van der Waals surface area contributed by atoms with Crippen LogP contribution in [0.2, 0.25) is 0 Å². The van der Waals surface area contributed by atoms with Crippen molar-refractivity contribution in [1.29, 1.82) is 0 Å². The molecule has 2 amide bonds. The molecule has 0 unspecified atom stereocenters. The maximum Gasteiger partial charge on any atom is 0.277 e. The second-order valence-corrected chi connectivity index (χ2v) is 5.61. The Balaban J connectivity index is 2.29. The molecule has 1 aromatic carbocycles. The Morgan fingerprint density at radius 2 is 2.00 bits per heavy atom. The van der Waals surface area contributed by atoms with Crippen molar-refractivity contribution in [1.82, 2.24) is 10.2 Å². The number of primary amides is 1. The highest BCUT2D eigenvalue weighted by Crippen LogP contribution is 2.26. The number of halogens is 1. The van der Waals surface area contributed by atoms with Gasteiger partial charge in [-0.25, -0.2) is 0 Å². The quantitative estimate of drug-likeness (QED) is 0.789. The predicted octanol–water partition coefficient (Wildman–Crippen LogP) is 2.65. The number of anilines is 1. The normalized spacial score (nSPS) is 10.7. The van der Waals surface area contributed by atoms with E-state index in [-0.39, 0.29) is 17.2 Å². The Bertz CT molecular complexity index is 694. The van der Waals surface area contributed by atoms with Crippen molar-refractivity contribution in [3.63, 3.8) is 0 Å². The van der Waals surface area contributed by atoms with Crippen molar-refractivity contribution >= 4 is 33.4 Å². The number of nitrogens with two attached hydrogens (primary N) is 1. The summed E-state index contributed by atoms with van der Waals surface area (Å²) >= 11 is 3.37. The molecule has 2 rings (SSSR count). The van der Waals surface area contributed by atoms with E-state index in [2.05, 4.69) is 31.4 Å². The molecule has 0 aliphatic carbocycles. The Morgan fingerprint density at radius 3 is 2.57 bits per heavy atom. The lowest BCUT2D eigenvalue weighted by molar-refractivity contribution is 0.100. The van der Waals surface area contributed by atoms with Gasteiger partial charge in [-0.3, -0.25) is 14.7 Å². The number of hydrogen-bond donors (Lipinski definition) is 3. The largest absolute Gasteiger partial charge is 0.366 e. The molecule has 110 valence electrons. The van der Waals surface area contributed by atoms with Crippen molar-refractivity contribution in [2.24, 2.45) is 5.73 Å². The first-order chi connectivity index (χ1) is 9.91. The average Bonchev–Trinajstić information content (AvgIpc) is 2.81. The van der Waals surface area contributed by atoms with Crippen molar-refractivity contribution in [2.75, 3.05) is 5.32 Å². The van der Waals surface area contributed by atoms with Crippen LogP contribution in [-0.4, -0.2) is 22.0 Å². The molecule has 0 atom stereocenters. The van der Waals surface area contributed by atoms with Crippen LogP contribution < -0.4 is 11.1 Å². The van der Waals surface area contributed by atoms with E-state index in [4.69, 9.17) is 5.73 Å². The number of para-hydroxylation sites is 1.